The zero-order chi connectivity index (χ0) is 23.5. The van der Waals surface area contributed by atoms with Crippen molar-refractivity contribution < 1.29 is 13.9 Å². The first-order chi connectivity index (χ1) is 15.9. The van der Waals surface area contributed by atoms with Gasteiger partial charge in [-0.15, -0.1) is 0 Å². The lowest BCUT2D eigenvalue weighted by atomic mass is 9.98. The highest BCUT2D eigenvalue weighted by Crippen LogP contribution is 2.32. The Balaban J connectivity index is 1.60. The number of oxazole rings is 1. The second-order valence-corrected chi connectivity index (χ2v) is 8.60. The van der Waals surface area contributed by atoms with Gasteiger partial charge >= 0.3 is 0 Å². The van der Waals surface area contributed by atoms with Gasteiger partial charge in [0.15, 0.2) is 5.58 Å². The number of carbonyl (C=O) groups is 1. The van der Waals surface area contributed by atoms with Gasteiger partial charge in [0, 0.05) is 11.1 Å². The van der Waals surface area contributed by atoms with E-state index in [4.69, 9.17) is 32.4 Å². The Morgan fingerprint density at radius 3 is 2.61 bits per heavy atom. The van der Waals surface area contributed by atoms with Crippen molar-refractivity contribution in [2.45, 2.75) is 33.1 Å². The summed E-state index contributed by atoms with van der Waals surface area (Å²) in [5.74, 6) is 1.10. The Morgan fingerprint density at radius 2 is 1.88 bits per heavy atom. The van der Waals surface area contributed by atoms with E-state index in [1.54, 1.807) is 30.3 Å². The summed E-state index contributed by atoms with van der Waals surface area (Å²) in [5.41, 5.74) is 4.29. The van der Waals surface area contributed by atoms with Crippen LogP contribution in [-0.4, -0.2) is 17.5 Å². The van der Waals surface area contributed by atoms with Crippen LogP contribution in [0.5, 0.6) is 5.75 Å². The van der Waals surface area contributed by atoms with E-state index in [0.717, 1.165) is 11.9 Å². The van der Waals surface area contributed by atoms with Crippen molar-refractivity contribution in [2.75, 3.05) is 11.9 Å². The molecule has 0 fully saturated rings. The summed E-state index contributed by atoms with van der Waals surface area (Å²) in [5, 5.41) is 3.61. The third-order valence-corrected chi connectivity index (χ3v) is 6.17. The highest BCUT2D eigenvalue weighted by molar-refractivity contribution is 6.34. The Morgan fingerprint density at radius 1 is 1.06 bits per heavy atom. The first-order valence-corrected chi connectivity index (χ1v) is 11.6. The van der Waals surface area contributed by atoms with Crippen molar-refractivity contribution in [2.24, 2.45) is 0 Å². The van der Waals surface area contributed by atoms with E-state index in [1.807, 2.05) is 19.1 Å². The zero-order valence-corrected chi connectivity index (χ0v) is 20.1. The molecule has 0 saturated carbocycles. The Labute approximate surface area is 202 Å². The SMILES string of the molecule is CCOc1ccc(C(=O)Nc2cc(-c3nc4cc([C@H](C)CC)ccc4o3)ccc2Cl)cc1Cl. The van der Waals surface area contributed by atoms with Crippen molar-refractivity contribution in [3.8, 4) is 17.2 Å². The molecule has 5 nitrogen and oxygen atoms in total. The topological polar surface area (TPSA) is 64.4 Å². The van der Waals surface area contributed by atoms with Gasteiger partial charge in [-0.3, -0.25) is 4.79 Å². The van der Waals surface area contributed by atoms with Gasteiger partial charge in [0.1, 0.15) is 11.3 Å². The van der Waals surface area contributed by atoms with E-state index < -0.39 is 0 Å². The van der Waals surface area contributed by atoms with Crippen LogP contribution < -0.4 is 10.1 Å². The number of benzene rings is 3. The normalized spacial score (nSPS) is 12.0. The van der Waals surface area contributed by atoms with Gasteiger partial charge in [-0.05, 0) is 73.4 Å². The Hall–Kier alpha value is -3.02. The van der Waals surface area contributed by atoms with Gasteiger partial charge in [-0.25, -0.2) is 4.98 Å². The smallest absolute Gasteiger partial charge is 0.255 e. The molecular formula is C26H24Cl2N2O3. The minimum atomic E-state index is -0.338. The summed E-state index contributed by atoms with van der Waals surface area (Å²) in [6, 6.07) is 16.2. The number of rotatable bonds is 7. The maximum absolute atomic E-state index is 12.8. The van der Waals surface area contributed by atoms with Gasteiger partial charge in [0.25, 0.3) is 5.91 Å². The molecule has 1 atom stereocenters. The number of ether oxygens (including phenoxy) is 1. The van der Waals surface area contributed by atoms with E-state index in [1.165, 1.54) is 5.56 Å². The van der Waals surface area contributed by atoms with E-state index >= 15 is 0 Å². The van der Waals surface area contributed by atoms with Crippen LogP contribution in [0.4, 0.5) is 5.69 Å². The fourth-order valence-corrected chi connectivity index (χ4v) is 3.87. The number of nitrogens with one attached hydrogen (secondary N) is 1. The van der Waals surface area contributed by atoms with Crippen LogP contribution in [0.1, 0.15) is 49.0 Å². The quantitative estimate of drug-likeness (QED) is 0.290. The number of carbonyl (C=O) groups excluding carboxylic acids is 1. The van der Waals surface area contributed by atoms with Crippen LogP contribution in [0.15, 0.2) is 59.0 Å². The number of halogens is 2. The monoisotopic (exact) mass is 482 g/mol. The van der Waals surface area contributed by atoms with Crippen molar-refractivity contribution in [3.05, 3.63) is 75.8 Å². The van der Waals surface area contributed by atoms with E-state index in [2.05, 4.69) is 36.3 Å². The summed E-state index contributed by atoms with van der Waals surface area (Å²) >= 11 is 12.6. The fraction of sp³-hybridized carbons (Fsp3) is 0.231. The molecule has 7 heteroatoms. The molecule has 4 rings (SSSR count). The molecule has 0 saturated heterocycles. The summed E-state index contributed by atoms with van der Waals surface area (Å²) in [6.45, 7) is 6.71. The van der Waals surface area contributed by atoms with Crippen molar-refractivity contribution in [1.82, 2.24) is 4.98 Å². The molecule has 0 aliphatic heterocycles. The van der Waals surface area contributed by atoms with Crippen LogP contribution in [0.3, 0.4) is 0 Å². The van der Waals surface area contributed by atoms with Gasteiger partial charge in [-0.1, -0.05) is 43.1 Å². The second-order valence-electron chi connectivity index (χ2n) is 7.78. The Kier molecular flexibility index (Phi) is 6.91. The molecule has 0 spiro atoms. The number of hydrogen-bond acceptors (Lipinski definition) is 4. The molecule has 3 aromatic carbocycles. The van der Waals surface area contributed by atoms with E-state index in [-0.39, 0.29) is 5.91 Å². The highest BCUT2D eigenvalue weighted by Gasteiger charge is 2.15. The van der Waals surface area contributed by atoms with E-state index in [9.17, 15) is 4.79 Å². The largest absolute Gasteiger partial charge is 0.492 e. The summed E-state index contributed by atoms with van der Waals surface area (Å²) < 4.78 is 11.4. The average molecular weight is 483 g/mol. The molecule has 0 aliphatic carbocycles. The summed E-state index contributed by atoms with van der Waals surface area (Å²) in [4.78, 5) is 17.5. The molecule has 4 aromatic rings. The van der Waals surface area contributed by atoms with Crippen LogP contribution >= 0.6 is 23.2 Å². The molecule has 0 radical (unpaired) electrons. The standard InChI is InChI=1S/C26H24Cl2N2O3/c1-4-15(3)16-7-11-24-22(13-16)30-26(33-24)18-6-9-19(27)21(14-18)29-25(31)17-8-10-23(32-5-2)20(28)12-17/h6-15H,4-5H2,1-3H3,(H,29,31)/t15-/m1/s1. The average Bonchev–Trinajstić information content (AvgIpc) is 3.24. The molecule has 170 valence electrons. The lowest BCUT2D eigenvalue weighted by Crippen LogP contribution is -2.12. The predicted octanol–water partition coefficient (Wildman–Crippen LogP) is 7.97. The number of fused-ring (bicyclic) bond motifs is 1. The van der Waals surface area contributed by atoms with Crippen LogP contribution in [0.25, 0.3) is 22.6 Å². The molecule has 1 amide bonds. The second kappa shape index (κ2) is 9.86. The highest BCUT2D eigenvalue weighted by atomic mass is 35.5. The summed E-state index contributed by atoms with van der Waals surface area (Å²) in [7, 11) is 0. The molecule has 33 heavy (non-hydrogen) atoms. The number of amides is 1. The van der Waals surface area contributed by atoms with E-state index in [0.29, 0.717) is 56.6 Å². The minimum absolute atomic E-state index is 0.338. The van der Waals surface area contributed by atoms with Gasteiger partial charge in [0.2, 0.25) is 5.89 Å². The van der Waals surface area contributed by atoms with Crippen molar-refractivity contribution in [1.29, 1.82) is 0 Å². The van der Waals surface area contributed by atoms with Crippen molar-refractivity contribution >= 4 is 45.9 Å². The first-order valence-electron chi connectivity index (χ1n) is 10.8. The molecule has 0 aliphatic rings. The molecule has 1 N–H and O–H groups in total. The molecular weight excluding hydrogens is 459 g/mol. The van der Waals surface area contributed by atoms with Crippen LogP contribution in [0.2, 0.25) is 10.0 Å². The molecule has 0 unspecified atom stereocenters. The van der Waals surface area contributed by atoms with Crippen molar-refractivity contribution in [3.63, 3.8) is 0 Å². The molecule has 0 bridgehead atoms. The number of nitrogens with zero attached hydrogens (tertiary/aromatic N) is 1. The maximum Gasteiger partial charge on any atom is 0.255 e. The Bertz CT molecular complexity index is 1320. The van der Waals surface area contributed by atoms with Crippen LogP contribution in [-0.2, 0) is 0 Å². The number of hydrogen-bond donors (Lipinski definition) is 1. The lowest BCUT2D eigenvalue weighted by molar-refractivity contribution is 0.102. The fourth-order valence-electron chi connectivity index (χ4n) is 3.47. The number of anilines is 1. The maximum atomic E-state index is 12.8. The predicted molar refractivity (Wildman–Crippen MR) is 134 cm³/mol. The van der Waals surface area contributed by atoms with Gasteiger partial charge in [-0.2, -0.15) is 0 Å². The first kappa shape index (κ1) is 23.1. The third kappa shape index (κ3) is 5.00. The van der Waals surface area contributed by atoms with Crippen LogP contribution in [0, 0.1) is 0 Å². The van der Waals surface area contributed by atoms with Gasteiger partial charge in [0.05, 0.1) is 22.3 Å². The number of aromatic nitrogens is 1. The minimum Gasteiger partial charge on any atom is -0.492 e. The molecule has 1 heterocycles. The molecule has 1 aromatic heterocycles. The zero-order valence-electron chi connectivity index (χ0n) is 18.6. The summed E-state index contributed by atoms with van der Waals surface area (Å²) in [6.07, 6.45) is 1.05. The lowest BCUT2D eigenvalue weighted by Gasteiger charge is -2.10. The van der Waals surface area contributed by atoms with Gasteiger partial charge < -0.3 is 14.5 Å². The third-order valence-electron chi connectivity index (χ3n) is 5.55.